The Kier molecular flexibility index (Phi) is 3.01. The van der Waals surface area contributed by atoms with Crippen LogP contribution in [0.2, 0.25) is 0 Å². The first-order chi connectivity index (χ1) is 4.66. The number of aromatic nitrogens is 1. The molecule has 0 saturated heterocycles. The van der Waals surface area contributed by atoms with Gasteiger partial charge in [0.15, 0.2) is 0 Å². The fraction of sp³-hybridized carbons (Fsp3) is 0.333. The monoisotopic (exact) mass is 329 g/mol. The van der Waals surface area contributed by atoms with Crippen LogP contribution < -0.4 is 0 Å². The van der Waals surface area contributed by atoms with E-state index in [-0.39, 0.29) is 0 Å². The molecule has 0 aliphatic heterocycles. The molecule has 1 aromatic heterocycles. The van der Waals surface area contributed by atoms with E-state index < -0.39 is 0 Å². The highest BCUT2D eigenvalue weighted by atomic mass is 79.9. The Labute approximate surface area is 85.2 Å². The van der Waals surface area contributed by atoms with Gasteiger partial charge in [-0.3, -0.25) is 0 Å². The molecule has 0 bridgehead atoms. The predicted octanol–water partition coefficient (Wildman–Crippen LogP) is 3.80. The van der Waals surface area contributed by atoms with Gasteiger partial charge in [-0.2, -0.15) is 0 Å². The largest absolute Gasteiger partial charge is 0.341 e. The summed E-state index contributed by atoms with van der Waals surface area (Å²) in [5, 5.41) is 0. The van der Waals surface area contributed by atoms with E-state index in [1.54, 1.807) is 0 Å². The molecule has 0 aliphatic carbocycles. The number of hydrogen-bond acceptors (Lipinski definition) is 0. The van der Waals surface area contributed by atoms with Crippen LogP contribution in [0.4, 0.5) is 0 Å². The topological polar surface area (TPSA) is 4.93 Å². The molecule has 1 rings (SSSR count). The average molecular weight is 332 g/mol. The first-order valence-corrected chi connectivity index (χ1v) is 5.24. The summed E-state index contributed by atoms with van der Waals surface area (Å²) in [5.74, 6) is 0. The molecule has 0 aliphatic rings. The summed E-state index contributed by atoms with van der Waals surface area (Å²) < 4.78 is 5.35. The van der Waals surface area contributed by atoms with Crippen LogP contribution >= 0.6 is 47.8 Å². The normalized spacial score (nSPS) is 10.4. The molecule has 4 heteroatoms. The van der Waals surface area contributed by atoms with Gasteiger partial charge in [-0.1, -0.05) is 0 Å². The molecule has 1 aromatic rings. The van der Waals surface area contributed by atoms with Gasteiger partial charge in [0, 0.05) is 12.7 Å². The van der Waals surface area contributed by atoms with Crippen molar-refractivity contribution >= 4 is 47.8 Å². The summed E-state index contributed by atoms with van der Waals surface area (Å²) >= 11 is 10.3. The molecule has 0 amide bonds. The average Bonchev–Trinajstić information content (AvgIpc) is 2.17. The maximum Gasteiger partial charge on any atom is 0.100 e. The van der Waals surface area contributed by atoms with Gasteiger partial charge in [0.25, 0.3) is 0 Å². The molecule has 0 saturated carbocycles. The number of hydrogen-bond donors (Lipinski definition) is 0. The Hall–Kier alpha value is 0.720. The summed E-state index contributed by atoms with van der Waals surface area (Å²) in [7, 11) is 0. The lowest BCUT2D eigenvalue weighted by molar-refractivity contribution is 0.750. The number of aryl methyl sites for hydroxylation is 1. The maximum absolute atomic E-state index is 3.45. The molecule has 10 heavy (non-hydrogen) atoms. The van der Waals surface area contributed by atoms with Gasteiger partial charge in [0.2, 0.25) is 0 Å². The van der Waals surface area contributed by atoms with Crippen LogP contribution in [0.1, 0.15) is 6.92 Å². The first kappa shape index (κ1) is 8.81. The third-order valence-electron chi connectivity index (χ3n) is 1.25. The van der Waals surface area contributed by atoms with E-state index in [1.807, 2.05) is 6.20 Å². The minimum absolute atomic E-state index is 0.977. The summed E-state index contributed by atoms with van der Waals surface area (Å²) in [5.41, 5.74) is 0. The van der Waals surface area contributed by atoms with Crippen molar-refractivity contribution in [1.29, 1.82) is 0 Å². The highest BCUT2D eigenvalue weighted by Gasteiger charge is 2.06. The second-order valence-electron chi connectivity index (χ2n) is 1.87. The Bertz CT molecular complexity index is 241. The molecule has 0 atom stereocenters. The van der Waals surface area contributed by atoms with E-state index in [1.165, 1.54) is 0 Å². The number of rotatable bonds is 1. The number of nitrogens with zero attached hydrogens (tertiary/aromatic N) is 1. The Morgan fingerprint density at radius 1 is 1.40 bits per heavy atom. The van der Waals surface area contributed by atoms with Crippen molar-refractivity contribution in [2.24, 2.45) is 0 Å². The Morgan fingerprint density at radius 2 is 2.00 bits per heavy atom. The van der Waals surface area contributed by atoms with Crippen molar-refractivity contribution in [3.8, 4) is 0 Å². The molecule has 0 radical (unpaired) electrons. The smallest absolute Gasteiger partial charge is 0.100 e. The standard InChI is InChI=1S/C6H6Br3N/c1-2-10-3-4(7)5(8)6(10)9/h3H,2H2,1H3. The first-order valence-electron chi connectivity index (χ1n) is 2.86. The SMILES string of the molecule is CCn1cc(Br)c(Br)c1Br. The molecule has 56 valence electrons. The van der Waals surface area contributed by atoms with Crippen molar-refractivity contribution in [2.75, 3.05) is 0 Å². The molecule has 1 nitrogen and oxygen atoms in total. The lowest BCUT2D eigenvalue weighted by Crippen LogP contribution is -1.89. The van der Waals surface area contributed by atoms with Gasteiger partial charge >= 0.3 is 0 Å². The van der Waals surface area contributed by atoms with E-state index >= 15 is 0 Å². The van der Waals surface area contributed by atoms with Crippen molar-refractivity contribution in [2.45, 2.75) is 13.5 Å². The third kappa shape index (κ3) is 1.48. The molecule has 0 unspecified atom stereocenters. The van der Waals surface area contributed by atoms with Crippen LogP contribution in [-0.2, 0) is 6.54 Å². The van der Waals surface area contributed by atoms with Crippen LogP contribution in [0.15, 0.2) is 19.7 Å². The zero-order valence-corrected chi connectivity index (χ0v) is 10.1. The predicted molar refractivity (Wildman–Crippen MR) is 53.2 cm³/mol. The van der Waals surface area contributed by atoms with Gasteiger partial charge < -0.3 is 4.57 Å². The minimum Gasteiger partial charge on any atom is -0.341 e. The summed E-state index contributed by atoms with van der Waals surface area (Å²) in [4.78, 5) is 0. The number of halogens is 3. The van der Waals surface area contributed by atoms with Crippen LogP contribution in [0.3, 0.4) is 0 Å². The minimum atomic E-state index is 0.977. The van der Waals surface area contributed by atoms with Gasteiger partial charge in [-0.15, -0.1) is 0 Å². The van der Waals surface area contributed by atoms with Gasteiger partial charge in [-0.25, -0.2) is 0 Å². The molecule has 0 N–H and O–H groups in total. The fourth-order valence-electron chi connectivity index (χ4n) is 0.705. The summed E-state index contributed by atoms with van der Waals surface area (Å²) in [6.45, 7) is 3.08. The Balaban J connectivity index is 3.17. The molecular weight excluding hydrogens is 326 g/mol. The molecule has 0 fully saturated rings. The van der Waals surface area contributed by atoms with Crippen LogP contribution in [0, 0.1) is 0 Å². The quantitative estimate of drug-likeness (QED) is 0.737. The fourth-order valence-corrected chi connectivity index (χ4v) is 2.30. The van der Waals surface area contributed by atoms with Gasteiger partial charge in [0.05, 0.1) is 8.95 Å². The van der Waals surface area contributed by atoms with E-state index in [0.717, 1.165) is 20.1 Å². The molecule has 0 spiro atoms. The molecular formula is C6H6Br3N. The van der Waals surface area contributed by atoms with Crippen LogP contribution in [0.5, 0.6) is 0 Å². The van der Waals surface area contributed by atoms with E-state index in [9.17, 15) is 0 Å². The second-order valence-corrected chi connectivity index (χ2v) is 4.27. The van der Waals surface area contributed by atoms with Crippen LogP contribution in [0.25, 0.3) is 0 Å². The summed E-state index contributed by atoms with van der Waals surface area (Å²) in [6.07, 6.45) is 2.04. The molecule has 1 heterocycles. The van der Waals surface area contributed by atoms with E-state index in [2.05, 4.69) is 59.3 Å². The van der Waals surface area contributed by atoms with Gasteiger partial charge in [-0.05, 0) is 54.7 Å². The van der Waals surface area contributed by atoms with Crippen molar-refractivity contribution in [3.63, 3.8) is 0 Å². The zero-order chi connectivity index (χ0) is 7.72. The van der Waals surface area contributed by atoms with Crippen LogP contribution in [-0.4, -0.2) is 4.57 Å². The highest BCUT2D eigenvalue weighted by Crippen LogP contribution is 2.32. The van der Waals surface area contributed by atoms with Crippen molar-refractivity contribution in [3.05, 3.63) is 19.7 Å². The lowest BCUT2D eigenvalue weighted by atomic mass is 10.7. The van der Waals surface area contributed by atoms with E-state index in [4.69, 9.17) is 0 Å². The van der Waals surface area contributed by atoms with Crippen molar-refractivity contribution in [1.82, 2.24) is 4.57 Å². The molecule has 0 aromatic carbocycles. The second kappa shape index (κ2) is 3.41. The zero-order valence-electron chi connectivity index (χ0n) is 5.37. The summed E-state index contributed by atoms with van der Waals surface area (Å²) in [6, 6.07) is 0. The highest BCUT2D eigenvalue weighted by molar-refractivity contribution is 9.14. The lowest BCUT2D eigenvalue weighted by Gasteiger charge is -1.96. The Morgan fingerprint density at radius 3 is 2.20 bits per heavy atom. The van der Waals surface area contributed by atoms with E-state index in [0.29, 0.717) is 0 Å². The van der Waals surface area contributed by atoms with Gasteiger partial charge in [0.1, 0.15) is 4.60 Å². The van der Waals surface area contributed by atoms with Crippen molar-refractivity contribution < 1.29 is 0 Å². The third-order valence-corrected chi connectivity index (χ3v) is 4.57. The maximum atomic E-state index is 3.45.